The summed E-state index contributed by atoms with van der Waals surface area (Å²) in [6.45, 7) is 2.97. The van der Waals surface area contributed by atoms with Crippen molar-refractivity contribution in [2.75, 3.05) is 10.6 Å². The van der Waals surface area contributed by atoms with Gasteiger partial charge in [-0.3, -0.25) is 9.48 Å². The summed E-state index contributed by atoms with van der Waals surface area (Å²) in [4.78, 5) is 21.2. The molecule has 1 aliphatic carbocycles. The lowest BCUT2D eigenvalue weighted by Gasteiger charge is -2.30. The summed E-state index contributed by atoms with van der Waals surface area (Å²) < 4.78 is 2.05. The summed E-state index contributed by atoms with van der Waals surface area (Å²) in [7, 11) is 0. The normalized spacial score (nSPS) is 19.8. The molecular weight excluding hydrogens is 416 g/mol. The van der Waals surface area contributed by atoms with E-state index in [1.165, 1.54) is 5.69 Å². The van der Waals surface area contributed by atoms with Crippen molar-refractivity contribution in [3.05, 3.63) is 47.5 Å². The number of rotatable bonds is 6. The number of hydrogen-bond donors (Lipinski definition) is 4. The zero-order valence-electron chi connectivity index (χ0n) is 18.8. The monoisotopic (exact) mass is 446 g/mol. The second kappa shape index (κ2) is 8.82. The van der Waals surface area contributed by atoms with Gasteiger partial charge < -0.3 is 22.1 Å². The fraction of sp³-hybridized carbons (Fsp3) is 0.417. The molecule has 1 aliphatic heterocycles. The highest BCUT2D eigenvalue weighted by Gasteiger charge is 2.23. The number of hydrogen-bond acceptors (Lipinski definition) is 7. The summed E-state index contributed by atoms with van der Waals surface area (Å²) in [5.74, 6) is 0.0273. The number of nitrogens with two attached hydrogens (primary N) is 2. The predicted octanol–water partition coefficient (Wildman–Crippen LogP) is 3.12. The smallest absolute Gasteiger partial charge is 0.269 e. The summed E-state index contributed by atoms with van der Waals surface area (Å²) in [6.07, 6.45) is 9.95. The molecule has 0 aromatic carbocycles. The van der Waals surface area contributed by atoms with E-state index in [4.69, 9.17) is 16.5 Å². The van der Waals surface area contributed by atoms with E-state index in [0.717, 1.165) is 67.6 Å². The number of fused-ring (bicyclic) bond motifs is 1. The Hall–Kier alpha value is -3.46. The minimum Gasteiger partial charge on any atom is -0.379 e. The van der Waals surface area contributed by atoms with Crippen LogP contribution in [0, 0.1) is 6.92 Å². The largest absolute Gasteiger partial charge is 0.379 e. The molecule has 0 spiro atoms. The number of nitrogens with one attached hydrogen (secondary N) is 2. The molecule has 9 heteroatoms. The Labute approximate surface area is 193 Å². The fourth-order valence-corrected chi connectivity index (χ4v) is 4.87. The van der Waals surface area contributed by atoms with Crippen LogP contribution in [0.1, 0.15) is 53.8 Å². The zero-order chi connectivity index (χ0) is 22.9. The van der Waals surface area contributed by atoms with Gasteiger partial charge in [-0.05, 0) is 56.4 Å². The molecule has 2 atom stereocenters. The average Bonchev–Trinajstić information content (AvgIpc) is 3.39. The van der Waals surface area contributed by atoms with Gasteiger partial charge in [0.05, 0.1) is 29.5 Å². The van der Waals surface area contributed by atoms with Crippen molar-refractivity contribution in [1.29, 1.82) is 0 Å². The Bertz CT molecular complexity index is 1190. The van der Waals surface area contributed by atoms with Gasteiger partial charge in [-0.2, -0.15) is 5.10 Å². The maximum absolute atomic E-state index is 12.1. The van der Waals surface area contributed by atoms with E-state index < -0.39 is 5.91 Å². The molecule has 5 rings (SSSR count). The van der Waals surface area contributed by atoms with Crippen LogP contribution in [0.25, 0.3) is 11.3 Å². The summed E-state index contributed by atoms with van der Waals surface area (Å²) in [5, 5.41) is 11.3. The van der Waals surface area contributed by atoms with Gasteiger partial charge in [0.1, 0.15) is 5.82 Å². The molecule has 3 aromatic heterocycles. The Morgan fingerprint density at radius 2 is 2.00 bits per heavy atom. The molecule has 0 saturated heterocycles. The minimum absolute atomic E-state index is 0.102. The van der Waals surface area contributed by atoms with E-state index in [1.807, 2.05) is 29.9 Å². The van der Waals surface area contributed by atoms with Gasteiger partial charge in [-0.1, -0.05) is 12.8 Å². The van der Waals surface area contributed by atoms with Crippen LogP contribution in [-0.4, -0.2) is 37.7 Å². The highest BCUT2D eigenvalue weighted by Crippen LogP contribution is 2.30. The maximum Gasteiger partial charge on any atom is 0.269 e. The number of nitrogens with zero attached hydrogens (tertiary/aromatic N) is 4. The zero-order valence-corrected chi connectivity index (χ0v) is 18.8. The third-order valence-electron chi connectivity index (χ3n) is 6.53. The number of aryl methyl sites for hydroxylation is 2. The first-order chi connectivity index (χ1) is 16.0. The average molecular weight is 447 g/mol. The molecule has 0 radical (unpaired) electrons. The summed E-state index contributed by atoms with van der Waals surface area (Å²) in [6, 6.07) is 6.13. The lowest BCUT2D eigenvalue weighted by Crippen LogP contribution is -2.42. The SMILES string of the molecule is Cc1cc(Nc2cc(N[C@@H]3CCCC[C@@H]3N)cnc2C(N)=O)nc(-c2cnn3c2CCC3)c1. The van der Waals surface area contributed by atoms with Crippen LogP contribution in [0.4, 0.5) is 17.2 Å². The highest BCUT2D eigenvalue weighted by molar-refractivity contribution is 5.97. The Morgan fingerprint density at radius 3 is 2.82 bits per heavy atom. The number of carbonyl (C=O) groups is 1. The lowest BCUT2D eigenvalue weighted by molar-refractivity contribution is 0.0996. The molecule has 4 heterocycles. The van der Waals surface area contributed by atoms with Crippen molar-refractivity contribution in [3.63, 3.8) is 0 Å². The van der Waals surface area contributed by atoms with Gasteiger partial charge >= 0.3 is 0 Å². The van der Waals surface area contributed by atoms with E-state index in [9.17, 15) is 4.79 Å². The van der Waals surface area contributed by atoms with Crippen molar-refractivity contribution in [2.24, 2.45) is 11.5 Å². The van der Waals surface area contributed by atoms with E-state index in [-0.39, 0.29) is 17.8 Å². The van der Waals surface area contributed by atoms with Crippen LogP contribution >= 0.6 is 0 Å². The summed E-state index contributed by atoms with van der Waals surface area (Å²) in [5.41, 5.74) is 17.6. The number of pyridine rings is 2. The van der Waals surface area contributed by atoms with E-state index in [2.05, 4.69) is 26.8 Å². The number of amides is 1. The molecule has 2 aliphatic rings. The first-order valence-electron chi connectivity index (χ1n) is 11.6. The van der Waals surface area contributed by atoms with Crippen LogP contribution in [0.5, 0.6) is 0 Å². The van der Waals surface area contributed by atoms with Crippen LogP contribution in [-0.2, 0) is 13.0 Å². The first-order valence-corrected chi connectivity index (χ1v) is 11.6. The molecule has 1 saturated carbocycles. The topological polar surface area (TPSA) is 137 Å². The second-order valence-corrected chi connectivity index (χ2v) is 9.06. The standard InChI is InChI=1S/C24H30N8O/c1-14-9-19(16-13-28-32-8-4-7-21(16)32)30-22(10-14)31-20-11-15(12-27-23(20)24(26)33)29-18-6-3-2-5-17(18)25/h9-13,17-18,29H,2-8,25H2,1H3,(H2,26,33)(H,30,31)/t17-,18+/m0/s1. The summed E-state index contributed by atoms with van der Waals surface area (Å²) >= 11 is 0. The Kier molecular flexibility index (Phi) is 5.72. The van der Waals surface area contributed by atoms with Crippen molar-refractivity contribution >= 4 is 23.1 Å². The molecule has 0 bridgehead atoms. The molecule has 172 valence electrons. The molecule has 9 nitrogen and oxygen atoms in total. The van der Waals surface area contributed by atoms with Crippen molar-refractivity contribution in [1.82, 2.24) is 19.7 Å². The number of carbonyl (C=O) groups excluding carboxylic acids is 1. The number of anilines is 3. The maximum atomic E-state index is 12.1. The van der Waals surface area contributed by atoms with Crippen molar-refractivity contribution < 1.29 is 4.79 Å². The van der Waals surface area contributed by atoms with E-state index in [1.54, 1.807) is 6.20 Å². The molecular formula is C24H30N8O. The van der Waals surface area contributed by atoms with Crippen LogP contribution in [0.15, 0.2) is 30.6 Å². The van der Waals surface area contributed by atoms with Crippen LogP contribution in [0.2, 0.25) is 0 Å². The fourth-order valence-electron chi connectivity index (χ4n) is 4.87. The van der Waals surface area contributed by atoms with E-state index >= 15 is 0 Å². The molecule has 6 N–H and O–H groups in total. The van der Waals surface area contributed by atoms with Crippen molar-refractivity contribution in [3.8, 4) is 11.3 Å². The highest BCUT2D eigenvalue weighted by atomic mass is 16.1. The molecule has 33 heavy (non-hydrogen) atoms. The second-order valence-electron chi connectivity index (χ2n) is 9.06. The lowest BCUT2D eigenvalue weighted by atomic mass is 9.91. The first kappa shape index (κ1) is 21.4. The number of primary amides is 1. The van der Waals surface area contributed by atoms with Gasteiger partial charge in [-0.15, -0.1) is 0 Å². The molecule has 1 amide bonds. The van der Waals surface area contributed by atoms with Gasteiger partial charge in [0, 0.05) is 29.9 Å². The quantitative estimate of drug-likeness (QED) is 0.456. The molecule has 1 fully saturated rings. The molecule has 3 aromatic rings. The number of aromatic nitrogens is 4. The van der Waals surface area contributed by atoms with E-state index in [0.29, 0.717) is 11.5 Å². The van der Waals surface area contributed by atoms with Gasteiger partial charge in [0.2, 0.25) is 0 Å². The minimum atomic E-state index is -0.597. The van der Waals surface area contributed by atoms with Gasteiger partial charge in [0.25, 0.3) is 5.91 Å². The molecule has 0 unspecified atom stereocenters. The Balaban J connectivity index is 1.45. The van der Waals surface area contributed by atoms with Crippen LogP contribution < -0.4 is 22.1 Å². The van der Waals surface area contributed by atoms with Gasteiger partial charge in [0.15, 0.2) is 5.69 Å². The predicted molar refractivity (Wildman–Crippen MR) is 128 cm³/mol. The van der Waals surface area contributed by atoms with Crippen LogP contribution in [0.3, 0.4) is 0 Å². The van der Waals surface area contributed by atoms with Crippen molar-refractivity contribution in [2.45, 2.75) is 64.1 Å². The van der Waals surface area contributed by atoms with Gasteiger partial charge in [-0.25, -0.2) is 9.97 Å². The third kappa shape index (κ3) is 4.41. The Morgan fingerprint density at radius 1 is 1.15 bits per heavy atom. The third-order valence-corrected chi connectivity index (χ3v) is 6.53.